The Hall–Kier alpha value is -1.77. The first kappa shape index (κ1) is 21.5. The Balaban J connectivity index is 2.21. The van der Waals surface area contributed by atoms with Gasteiger partial charge in [-0.1, -0.05) is 19.9 Å². The molecule has 2 N–H and O–H groups in total. The maximum Gasteiger partial charge on any atom is 0.244 e. The van der Waals surface area contributed by atoms with Gasteiger partial charge in [0.2, 0.25) is 15.9 Å². The van der Waals surface area contributed by atoms with Gasteiger partial charge in [-0.3, -0.25) is 4.79 Å². The standard InChI is InChI=1S/C19H27N3O3S2/c1-10(2)16-9-26-19(20-16)21-18(23)15(7)22-27(24,25)17-13(5)11(3)8-12(4)14(17)6/h8-10,15,22H,1-7H3,(H,20,21,23)/t15-/m0/s1. The lowest BCUT2D eigenvalue weighted by Crippen LogP contribution is -2.42. The second-order valence-corrected chi connectivity index (χ2v) is 9.66. The lowest BCUT2D eigenvalue weighted by Gasteiger charge is -2.18. The van der Waals surface area contributed by atoms with Crippen LogP contribution in [0.1, 0.15) is 54.6 Å². The molecule has 1 amide bonds. The minimum absolute atomic E-state index is 0.246. The number of anilines is 1. The third-order valence-corrected chi connectivity index (χ3v) is 7.22. The zero-order chi connectivity index (χ0) is 20.5. The van der Waals surface area contributed by atoms with E-state index in [0.717, 1.165) is 16.8 Å². The molecular formula is C19H27N3O3S2. The van der Waals surface area contributed by atoms with Crippen molar-refractivity contribution in [2.75, 3.05) is 5.32 Å². The van der Waals surface area contributed by atoms with E-state index in [4.69, 9.17) is 0 Å². The van der Waals surface area contributed by atoms with E-state index >= 15 is 0 Å². The first-order valence-corrected chi connectivity index (χ1v) is 11.2. The molecule has 0 bridgehead atoms. The number of aryl methyl sites for hydroxylation is 2. The third kappa shape index (κ3) is 4.75. The van der Waals surface area contributed by atoms with Crippen LogP contribution in [0, 0.1) is 27.7 Å². The predicted molar refractivity (Wildman–Crippen MR) is 110 cm³/mol. The van der Waals surface area contributed by atoms with Crippen molar-refractivity contribution in [2.45, 2.75) is 65.3 Å². The Morgan fingerprint density at radius 3 is 2.11 bits per heavy atom. The monoisotopic (exact) mass is 409 g/mol. The maximum atomic E-state index is 12.9. The van der Waals surface area contributed by atoms with Crippen LogP contribution in [0.5, 0.6) is 0 Å². The number of nitrogens with one attached hydrogen (secondary N) is 2. The minimum Gasteiger partial charge on any atom is -0.301 e. The lowest BCUT2D eigenvalue weighted by molar-refractivity contribution is -0.117. The molecule has 1 atom stereocenters. The Bertz CT molecular complexity index is 937. The van der Waals surface area contributed by atoms with Crippen LogP contribution in [0.2, 0.25) is 0 Å². The van der Waals surface area contributed by atoms with Crippen LogP contribution in [0.3, 0.4) is 0 Å². The molecule has 2 rings (SSSR count). The van der Waals surface area contributed by atoms with E-state index in [1.54, 1.807) is 13.8 Å². The number of carbonyl (C=O) groups is 1. The highest BCUT2D eigenvalue weighted by molar-refractivity contribution is 7.89. The van der Waals surface area contributed by atoms with Gasteiger partial charge in [-0.25, -0.2) is 13.4 Å². The maximum absolute atomic E-state index is 12.9. The van der Waals surface area contributed by atoms with Crippen molar-refractivity contribution in [1.29, 1.82) is 0 Å². The molecule has 2 aromatic rings. The van der Waals surface area contributed by atoms with Crippen LogP contribution in [0.4, 0.5) is 5.13 Å². The topological polar surface area (TPSA) is 88.2 Å². The second kappa shape index (κ2) is 8.08. The molecule has 0 saturated heterocycles. The molecule has 0 spiro atoms. The number of amides is 1. The van der Waals surface area contributed by atoms with Crippen molar-refractivity contribution in [1.82, 2.24) is 9.71 Å². The van der Waals surface area contributed by atoms with Crippen LogP contribution in [0.15, 0.2) is 16.3 Å². The second-order valence-electron chi connectivity index (χ2n) is 7.15. The molecule has 0 radical (unpaired) electrons. The first-order chi connectivity index (χ1) is 12.4. The molecule has 0 aliphatic heterocycles. The zero-order valence-electron chi connectivity index (χ0n) is 16.8. The average molecular weight is 410 g/mol. The summed E-state index contributed by atoms with van der Waals surface area (Å²) in [5, 5.41) is 5.04. The summed E-state index contributed by atoms with van der Waals surface area (Å²) >= 11 is 1.33. The van der Waals surface area contributed by atoms with Crippen molar-refractivity contribution < 1.29 is 13.2 Å². The molecule has 1 heterocycles. The van der Waals surface area contributed by atoms with Crippen molar-refractivity contribution in [3.63, 3.8) is 0 Å². The fourth-order valence-corrected chi connectivity index (χ4v) is 5.44. The Kier molecular flexibility index (Phi) is 6.44. The van der Waals surface area contributed by atoms with E-state index < -0.39 is 22.0 Å². The van der Waals surface area contributed by atoms with Crippen molar-refractivity contribution in [3.8, 4) is 0 Å². The molecule has 0 fully saturated rings. The highest BCUT2D eigenvalue weighted by atomic mass is 32.2. The number of hydrogen-bond donors (Lipinski definition) is 2. The summed E-state index contributed by atoms with van der Waals surface area (Å²) in [6.45, 7) is 12.9. The Morgan fingerprint density at radius 1 is 1.07 bits per heavy atom. The van der Waals surface area contributed by atoms with Gasteiger partial charge in [-0.2, -0.15) is 4.72 Å². The highest BCUT2D eigenvalue weighted by Crippen LogP contribution is 2.26. The van der Waals surface area contributed by atoms with Gasteiger partial charge in [-0.05, 0) is 62.8 Å². The first-order valence-electron chi connectivity index (χ1n) is 8.80. The van der Waals surface area contributed by atoms with Crippen LogP contribution in [0.25, 0.3) is 0 Å². The zero-order valence-corrected chi connectivity index (χ0v) is 18.4. The molecule has 0 unspecified atom stereocenters. The van der Waals surface area contributed by atoms with E-state index in [1.165, 1.54) is 18.3 Å². The van der Waals surface area contributed by atoms with E-state index in [9.17, 15) is 13.2 Å². The number of aromatic nitrogens is 1. The lowest BCUT2D eigenvalue weighted by atomic mass is 10.0. The van der Waals surface area contributed by atoms with E-state index in [2.05, 4.69) is 15.0 Å². The van der Waals surface area contributed by atoms with Gasteiger partial charge in [0, 0.05) is 5.38 Å². The van der Waals surface area contributed by atoms with Gasteiger partial charge in [0.15, 0.2) is 5.13 Å². The number of nitrogens with zero attached hydrogens (tertiary/aromatic N) is 1. The fourth-order valence-electron chi connectivity index (χ4n) is 2.75. The molecule has 1 aromatic carbocycles. The van der Waals surface area contributed by atoms with Crippen LogP contribution >= 0.6 is 11.3 Å². The van der Waals surface area contributed by atoms with Gasteiger partial charge in [0.25, 0.3) is 0 Å². The normalized spacial score (nSPS) is 13.0. The molecule has 1 aromatic heterocycles. The Morgan fingerprint density at radius 2 is 1.63 bits per heavy atom. The van der Waals surface area contributed by atoms with Crippen LogP contribution in [-0.2, 0) is 14.8 Å². The van der Waals surface area contributed by atoms with Gasteiger partial charge < -0.3 is 5.32 Å². The van der Waals surface area contributed by atoms with E-state index in [1.807, 2.05) is 39.1 Å². The minimum atomic E-state index is -3.84. The van der Waals surface area contributed by atoms with E-state index in [-0.39, 0.29) is 10.8 Å². The third-order valence-electron chi connectivity index (χ3n) is 4.63. The summed E-state index contributed by atoms with van der Waals surface area (Å²) in [5.41, 5.74) is 4.09. The summed E-state index contributed by atoms with van der Waals surface area (Å²) in [6, 6.07) is 1.04. The largest absolute Gasteiger partial charge is 0.301 e. The molecule has 0 aliphatic carbocycles. The number of rotatable bonds is 6. The number of benzene rings is 1. The summed E-state index contributed by atoms with van der Waals surface area (Å²) < 4.78 is 28.4. The quantitative estimate of drug-likeness (QED) is 0.759. The van der Waals surface area contributed by atoms with Crippen LogP contribution < -0.4 is 10.0 Å². The summed E-state index contributed by atoms with van der Waals surface area (Å²) in [6.07, 6.45) is 0. The fraction of sp³-hybridized carbons (Fsp3) is 0.474. The number of hydrogen-bond acceptors (Lipinski definition) is 5. The molecule has 0 aliphatic rings. The molecule has 6 nitrogen and oxygen atoms in total. The van der Waals surface area contributed by atoms with Crippen molar-refractivity contribution >= 4 is 32.4 Å². The van der Waals surface area contributed by atoms with Gasteiger partial charge in [0.1, 0.15) is 0 Å². The molecule has 148 valence electrons. The molecule has 0 saturated carbocycles. The smallest absolute Gasteiger partial charge is 0.244 e. The SMILES string of the molecule is Cc1cc(C)c(C)c(S(=O)(=O)N[C@@H](C)C(=O)Nc2nc(C(C)C)cs2)c1C. The van der Waals surface area contributed by atoms with Crippen molar-refractivity contribution in [2.24, 2.45) is 0 Å². The average Bonchev–Trinajstić information content (AvgIpc) is 3.01. The molecule has 27 heavy (non-hydrogen) atoms. The van der Waals surface area contributed by atoms with Crippen LogP contribution in [-0.4, -0.2) is 25.4 Å². The van der Waals surface area contributed by atoms with Gasteiger partial charge in [0.05, 0.1) is 16.6 Å². The molecular weight excluding hydrogens is 382 g/mol. The molecule has 8 heteroatoms. The number of thiazole rings is 1. The highest BCUT2D eigenvalue weighted by Gasteiger charge is 2.27. The van der Waals surface area contributed by atoms with Crippen molar-refractivity contribution in [3.05, 3.63) is 39.4 Å². The number of sulfonamides is 1. The van der Waals surface area contributed by atoms with Gasteiger partial charge in [-0.15, -0.1) is 11.3 Å². The summed E-state index contributed by atoms with van der Waals surface area (Å²) in [7, 11) is -3.84. The number of carbonyl (C=O) groups excluding carboxylic acids is 1. The predicted octanol–water partition coefficient (Wildman–Crippen LogP) is 3.81. The Labute approximate surface area is 165 Å². The van der Waals surface area contributed by atoms with E-state index in [0.29, 0.717) is 16.3 Å². The van der Waals surface area contributed by atoms with Gasteiger partial charge >= 0.3 is 0 Å². The summed E-state index contributed by atoms with van der Waals surface area (Å²) in [4.78, 5) is 17.0. The summed E-state index contributed by atoms with van der Waals surface area (Å²) in [5.74, 6) is -0.179.